The van der Waals surface area contributed by atoms with Gasteiger partial charge in [0.25, 0.3) is 0 Å². The van der Waals surface area contributed by atoms with Crippen molar-refractivity contribution >= 4 is 5.78 Å². The molecule has 1 fully saturated rings. The highest BCUT2D eigenvalue weighted by Crippen LogP contribution is 2.24. The molecule has 0 saturated heterocycles. The smallest absolute Gasteiger partial charge is 0.141 e. The standard InChI is InChI=1S/C8H13N3O2/c9-11-10-5-8(13)6-2-1-3-7(12)4-6/h6-7,12H,1-5H2/t6-,7+/m1/s1. The van der Waals surface area contributed by atoms with Crippen LogP contribution in [0.25, 0.3) is 10.4 Å². The Labute approximate surface area is 76.4 Å². The Morgan fingerprint density at radius 2 is 2.38 bits per heavy atom. The number of aliphatic hydroxyl groups excluding tert-OH is 1. The normalized spacial score (nSPS) is 27.8. The molecule has 5 nitrogen and oxygen atoms in total. The Kier molecular flexibility index (Phi) is 3.73. The number of ketones is 1. The first-order chi connectivity index (χ1) is 6.24. The van der Waals surface area contributed by atoms with Gasteiger partial charge in [-0.3, -0.25) is 4.79 Å². The van der Waals surface area contributed by atoms with Gasteiger partial charge >= 0.3 is 0 Å². The van der Waals surface area contributed by atoms with Crippen LogP contribution in [0.2, 0.25) is 0 Å². The van der Waals surface area contributed by atoms with E-state index in [1.54, 1.807) is 0 Å². The summed E-state index contributed by atoms with van der Waals surface area (Å²) in [4.78, 5) is 13.9. The number of carbonyl (C=O) groups is 1. The summed E-state index contributed by atoms with van der Waals surface area (Å²) < 4.78 is 0. The van der Waals surface area contributed by atoms with Gasteiger partial charge in [0.1, 0.15) is 5.78 Å². The number of hydrogen-bond donors (Lipinski definition) is 1. The Bertz CT molecular complexity index is 236. The fourth-order valence-electron chi connectivity index (χ4n) is 1.69. The summed E-state index contributed by atoms with van der Waals surface area (Å²) >= 11 is 0. The summed E-state index contributed by atoms with van der Waals surface area (Å²) in [7, 11) is 0. The Morgan fingerprint density at radius 3 is 3.00 bits per heavy atom. The molecule has 0 unspecified atom stereocenters. The van der Waals surface area contributed by atoms with Crippen molar-refractivity contribution in [3.63, 3.8) is 0 Å². The maximum atomic E-state index is 11.3. The van der Waals surface area contributed by atoms with E-state index >= 15 is 0 Å². The van der Waals surface area contributed by atoms with Crippen LogP contribution in [0.15, 0.2) is 5.11 Å². The van der Waals surface area contributed by atoms with Gasteiger partial charge < -0.3 is 5.11 Å². The van der Waals surface area contributed by atoms with Gasteiger partial charge in [-0.2, -0.15) is 0 Å². The second kappa shape index (κ2) is 4.84. The third-order valence-electron chi connectivity index (χ3n) is 2.39. The molecular formula is C8H13N3O2. The molecule has 13 heavy (non-hydrogen) atoms. The molecule has 0 bridgehead atoms. The maximum absolute atomic E-state index is 11.3. The van der Waals surface area contributed by atoms with E-state index in [9.17, 15) is 9.90 Å². The third-order valence-corrected chi connectivity index (χ3v) is 2.39. The molecule has 0 aliphatic heterocycles. The highest BCUT2D eigenvalue weighted by Gasteiger charge is 2.24. The van der Waals surface area contributed by atoms with E-state index in [1.165, 1.54) is 0 Å². The zero-order valence-corrected chi connectivity index (χ0v) is 7.39. The monoisotopic (exact) mass is 183 g/mol. The second-order valence-electron chi connectivity index (χ2n) is 3.37. The van der Waals surface area contributed by atoms with Crippen molar-refractivity contribution in [1.82, 2.24) is 0 Å². The summed E-state index contributed by atoms with van der Waals surface area (Å²) in [6, 6.07) is 0. The van der Waals surface area contributed by atoms with Gasteiger partial charge in [-0.05, 0) is 24.8 Å². The van der Waals surface area contributed by atoms with Crippen molar-refractivity contribution in [3.05, 3.63) is 10.4 Å². The SMILES string of the molecule is [N-]=[N+]=NCC(=O)[C@@H]1CCC[C@H](O)C1. The Hall–Kier alpha value is -1.06. The number of aliphatic hydroxyl groups is 1. The largest absolute Gasteiger partial charge is 0.393 e. The first kappa shape index (κ1) is 10.0. The van der Waals surface area contributed by atoms with Crippen LogP contribution in [0.1, 0.15) is 25.7 Å². The number of nitrogens with zero attached hydrogens (tertiary/aromatic N) is 3. The molecule has 0 spiro atoms. The molecule has 0 radical (unpaired) electrons. The van der Waals surface area contributed by atoms with Crippen LogP contribution in [0.5, 0.6) is 0 Å². The van der Waals surface area contributed by atoms with Crippen molar-refractivity contribution in [1.29, 1.82) is 0 Å². The molecule has 1 rings (SSSR count). The van der Waals surface area contributed by atoms with Gasteiger partial charge in [-0.25, -0.2) is 0 Å². The zero-order chi connectivity index (χ0) is 9.68. The van der Waals surface area contributed by atoms with E-state index in [1.807, 2.05) is 0 Å². The summed E-state index contributed by atoms with van der Waals surface area (Å²) in [5, 5.41) is 12.5. The number of azide groups is 1. The molecule has 0 aromatic rings. The van der Waals surface area contributed by atoms with Gasteiger partial charge in [-0.1, -0.05) is 11.5 Å². The lowest BCUT2D eigenvalue weighted by Crippen LogP contribution is -2.27. The van der Waals surface area contributed by atoms with Crippen LogP contribution >= 0.6 is 0 Å². The van der Waals surface area contributed by atoms with E-state index in [0.717, 1.165) is 19.3 Å². The fraction of sp³-hybridized carbons (Fsp3) is 0.875. The molecule has 5 heteroatoms. The molecule has 72 valence electrons. The minimum atomic E-state index is -0.353. The lowest BCUT2D eigenvalue weighted by molar-refractivity contribution is -0.123. The summed E-state index contributed by atoms with van der Waals surface area (Å²) in [6.07, 6.45) is 2.66. The molecule has 0 aromatic heterocycles. The summed E-state index contributed by atoms with van der Waals surface area (Å²) in [5.74, 6) is -0.147. The highest BCUT2D eigenvalue weighted by molar-refractivity contribution is 5.83. The second-order valence-corrected chi connectivity index (χ2v) is 3.37. The van der Waals surface area contributed by atoms with E-state index in [4.69, 9.17) is 5.53 Å². The average Bonchev–Trinajstić information content (AvgIpc) is 2.14. The number of carbonyl (C=O) groups excluding carboxylic acids is 1. The summed E-state index contributed by atoms with van der Waals surface area (Å²) in [6.45, 7) is -0.0755. The maximum Gasteiger partial charge on any atom is 0.141 e. The average molecular weight is 183 g/mol. The Balaban J connectivity index is 2.41. The van der Waals surface area contributed by atoms with Crippen molar-refractivity contribution in [2.45, 2.75) is 31.8 Å². The number of rotatable bonds is 3. The van der Waals surface area contributed by atoms with E-state index in [2.05, 4.69) is 10.0 Å². The van der Waals surface area contributed by atoms with Crippen molar-refractivity contribution in [2.24, 2.45) is 11.0 Å². The predicted octanol–water partition coefficient (Wildman–Crippen LogP) is 1.42. The topological polar surface area (TPSA) is 86.1 Å². The van der Waals surface area contributed by atoms with Gasteiger partial charge in [0.15, 0.2) is 0 Å². The first-order valence-electron chi connectivity index (χ1n) is 4.45. The van der Waals surface area contributed by atoms with Gasteiger partial charge in [0.2, 0.25) is 0 Å². The molecule has 0 amide bonds. The molecule has 0 heterocycles. The van der Waals surface area contributed by atoms with E-state index < -0.39 is 0 Å². The molecule has 0 aromatic carbocycles. The van der Waals surface area contributed by atoms with Crippen LogP contribution in [0, 0.1) is 5.92 Å². The van der Waals surface area contributed by atoms with Crippen LogP contribution in [0.3, 0.4) is 0 Å². The Morgan fingerprint density at radius 1 is 1.62 bits per heavy atom. The van der Waals surface area contributed by atoms with Crippen LogP contribution in [-0.2, 0) is 4.79 Å². The quantitative estimate of drug-likeness (QED) is 0.407. The molecular weight excluding hydrogens is 170 g/mol. The lowest BCUT2D eigenvalue weighted by atomic mass is 9.84. The minimum Gasteiger partial charge on any atom is -0.393 e. The number of hydrogen-bond acceptors (Lipinski definition) is 3. The van der Waals surface area contributed by atoms with Gasteiger partial charge in [0, 0.05) is 10.8 Å². The van der Waals surface area contributed by atoms with Gasteiger partial charge in [-0.15, -0.1) is 0 Å². The fourth-order valence-corrected chi connectivity index (χ4v) is 1.69. The lowest BCUT2D eigenvalue weighted by Gasteiger charge is -2.24. The number of Topliss-reactive ketones (excluding diaryl/α,β-unsaturated/α-hetero) is 1. The molecule has 1 aliphatic rings. The minimum absolute atomic E-state index is 0.0449. The molecule has 1 N–H and O–H groups in total. The highest BCUT2D eigenvalue weighted by atomic mass is 16.3. The van der Waals surface area contributed by atoms with Crippen molar-refractivity contribution < 1.29 is 9.90 Å². The van der Waals surface area contributed by atoms with Crippen molar-refractivity contribution in [2.75, 3.05) is 6.54 Å². The first-order valence-corrected chi connectivity index (χ1v) is 4.45. The van der Waals surface area contributed by atoms with Crippen LogP contribution in [0.4, 0.5) is 0 Å². The van der Waals surface area contributed by atoms with Crippen LogP contribution < -0.4 is 0 Å². The molecule has 2 atom stereocenters. The van der Waals surface area contributed by atoms with Crippen LogP contribution in [-0.4, -0.2) is 23.5 Å². The zero-order valence-electron chi connectivity index (χ0n) is 7.39. The summed E-state index contributed by atoms with van der Waals surface area (Å²) in [5.41, 5.74) is 8.02. The third kappa shape index (κ3) is 3.05. The van der Waals surface area contributed by atoms with Gasteiger partial charge in [0.05, 0.1) is 12.6 Å². The molecule has 1 aliphatic carbocycles. The van der Waals surface area contributed by atoms with E-state index in [0.29, 0.717) is 6.42 Å². The molecule has 1 saturated carbocycles. The predicted molar refractivity (Wildman–Crippen MR) is 47.0 cm³/mol. The van der Waals surface area contributed by atoms with E-state index in [-0.39, 0.29) is 24.3 Å². The van der Waals surface area contributed by atoms with Crippen molar-refractivity contribution in [3.8, 4) is 0 Å².